The molecule has 1 saturated heterocycles. The summed E-state index contributed by atoms with van der Waals surface area (Å²) in [5.41, 5.74) is 7.30. The number of fused-ring (bicyclic) bond motifs is 1. The van der Waals surface area contributed by atoms with Gasteiger partial charge in [0.1, 0.15) is 5.56 Å². The Bertz CT molecular complexity index is 832. The van der Waals surface area contributed by atoms with Crippen LogP contribution in [0.25, 0.3) is 10.9 Å². The van der Waals surface area contributed by atoms with Gasteiger partial charge in [-0.1, -0.05) is 6.07 Å². The SMILES string of the molecule is Nc1cccc2c1c(=O)c(C(=O)N1CCNCC1)cn2C1CC1. The van der Waals surface area contributed by atoms with E-state index in [0.29, 0.717) is 30.2 Å². The van der Waals surface area contributed by atoms with Gasteiger partial charge in [-0.15, -0.1) is 0 Å². The molecule has 0 atom stereocenters. The van der Waals surface area contributed by atoms with Gasteiger partial charge in [-0.25, -0.2) is 0 Å². The van der Waals surface area contributed by atoms with Crippen molar-refractivity contribution in [3.8, 4) is 0 Å². The molecule has 1 aliphatic heterocycles. The first-order chi connectivity index (χ1) is 11.2. The Hall–Kier alpha value is -2.34. The van der Waals surface area contributed by atoms with E-state index in [-0.39, 0.29) is 16.9 Å². The summed E-state index contributed by atoms with van der Waals surface area (Å²) >= 11 is 0. The van der Waals surface area contributed by atoms with Crippen molar-refractivity contribution in [2.24, 2.45) is 0 Å². The average molecular weight is 312 g/mol. The first-order valence-corrected chi connectivity index (χ1v) is 8.10. The Labute approximate surface area is 133 Å². The molecule has 6 nitrogen and oxygen atoms in total. The zero-order valence-electron chi connectivity index (χ0n) is 12.9. The maximum atomic E-state index is 12.9. The predicted octanol–water partition coefficient (Wildman–Crippen LogP) is 0.964. The molecule has 2 aliphatic rings. The van der Waals surface area contributed by atoms with Gasteiger partial charge in [0.05, 0.1) is 10.9 Å². The molecule has 6 heteroatoms. The maximum Gasteiger partial charge on any atom is 0.259 e. The molecule has 3 N–H and O–H groups in total. The molecule has 0 spiro atoms. The molecule has 0 unspecified atom stereocenters. The van der Waals surface area contributed by atoms with Crippen LogP contribution in [0.1, 0.15) is 29.2 Å². The van der Waals surface area contributed by atoms with E-state index in [9.17, 15) is 9.59 Å². The fraction of sp³-hybridized carbons (Fsp3) is 0.412. The van der Waals surface area contributed by atoms with Gasteiger partial charge < -0.3 is 20.5 Å². The second kappa shape index (κ2) is 5.38. The van der Waals surface area contributed by atoms with E-state index in [0.717, 1.165) is 31.4 Å². The molecule has 1 amide bonds. The molecular formula is C17H20N4O2. The number of pyridine rings is 1. The second-order valence-electron chi connectivity index (χ2n) is 6.29. The lowest BCUT2D eigenvalue weighted by Gasteiger charge is -2.27. The molecule has 23 heavy (non-hydrogen) atoms. The summed E-state index contributed by atoms with van der Waals surface area (Å²) < 4.78 is 2.06. The van der Waals surface area contributed by atoms with Gasteiger partial charge in [0, 0.05) is 44.1 Å². The Kier molecular flexibility index (Phi) is 3.34. The molecular weight excluding hydrogens is 292 g/mol. The van der Waals surface area contributed by atoms with Crippen LogP contribution in [0.4, 0.5) is 5.69 Å². The number of benzene rings is 1. The number of nitrogens with zero attached hydrogens (tertiary/aromatic N) is 2. The molecule has 0 radical (unpaired) electrons. The highest BCUT2D eigenvalue weighted by molar-refractivity contribution is 6.00. The fourth-order valence-electron chi connectivity index (χ4n) is 3.27. The summed E-state index contributed by atoms with van der Waals surface area (Å²) in [6.45, 7) is 2.78. The third-order valence-electron chi connectivity index (χ3n) is 4.67. The number of nitrogens with one attached hydrogen (secondary N) is 1. The van der Waals surface area contributed by atoms with Crippen molar-refractivity contribution in [1.29, 1.82) is 0 Å². The number of piperazine rings is 1. The lowest BCUT2D eigenvalue weighted by Crippen LogP contribution is -2.47. The van der Waals surface area contributed by atoms with Gasteiger partial charge in [-0.05, 0) is 25.0 Å². The number of amides is 1. The first-order valence-electron chi connectivity index (χ1n) is 8.10. The minimum atomic E-state index is -0.251. The normalized spacial score (nSPS) is 18.3. The minimum absolute atomic E-state index is 0.184. The minimum Gasteiger partial charge on any atom is -0.398 e. The number of nitrogens with two attached hydrogens (primary N) is 1. The Morgan fingerprint density at radius 3 is 2.65 bits per heavy atom. The maximum absolute atomic E-state index is 12.9. The number of carbonyl (C=O) groups excluding carboxylic acids is 1. The highest BCUT2D eigenvalue weighted by atomic mass is 16.2. The topological polar surface area (TPSA) is 80.4 Å². The van der Waals surface area contributed by atoms with Crippen LogP contribution >= 0.6 is 0 Å². The van der Waals surface area contributed by atoms with Gasteiger partial charge in [-0.2, -0.15) is 0 Å². The largest absolute Gasteiger partial charge is 0.398 e. The lowest BCUT2D eigenvalue weighted by atomic mass is 10.1. The third-order valence-corrected chi connectivity index (χ3v) is 4.67. The molecule has 1 aromatic carbocycles. The molecule has 2 heterocycles. The quantitative estimate of drug-likeness (QED) is 0.810. The van der Waals surface area contributed by atoms with Crippen LogP contribution in [0.15, 0.2) is 29.2 Å². The molecule has 4 rings (SSSR count). The summed E-state index contributed by atoms with van der Waals surface area (Å²) in [6.07, 6.45) is 3.90. The van der Waals surface area contributed by atoms with Gasteiger partial charge in [-0.3, -0.25) is 9.59 Å². The number of anilines is 1. The molecule has 1 aliphatic carbocycles. The standard InChI is InChI=1S/C17H20N4O2/c18-13-2-1-3-14-15(13)16(22)12(10-21(14)11-4-5-11)17(23)20-8-6-19-7-9-20/h1-3,10-11,19H,4-9,18H2. The van der Waals surface area contributed by atoms with Crippen molar-refractivity contribution in [1.82, 2.24) is 14.8 Å². The smallest absolute Gasteiger partial charge is 0.259 e. The van der Waals surface area contributed by atoms with Crippen molar-refractivity contribution in [2.75, 3.05) is 31.9 Å². The van der Waals surface area contributed by atoms with Crippen LogP contribution in [-0.4, -0.2) is 41.6 Å². The van der Waals surface area contributed by atoms with Crippen molar-refractivity contribution in [3.63, 3.8) is 0 Å². The molecule has 120 valence electrons. The number of aromatic nitrogens is 1. The monoisotopic (exact) mass is 312 g/mol. The molecule has 1 aromatic heterocycles. The Balaban J connectivity index is 1.89. The summed E-state index contributed by atoms with van der Waals surface area (Å²) in [7, 11) is 0. The Morgan fingerprint density at radius 1 is 1.22 bits per heavy atom. The van der Waals surface area contributed by atoms with Crippen LogP contribution in [0.3, 0.4) is 0 Å². The van der Waals surface area contributed by atoms with Crippen molar-refractivity contribution in [3.05, 3.63) is 40.2 Å². The number of hydrogen-bond acceptors (Lipinski definition) is 4. The van der Waals surface area contributed by atoms with Gasteiger partial charge in [0.15, 0.2) is 0 Å². The third kappa shape index (κ3) is 2.39. The number of carbonyl (C=O) groups is 1. The number of nitrogen functional groups attached to an aromatic ring is 1. The van der Waals surface area contributed by atoms with Crippen LogP contribution in [-0.2, 0) is 0 Å². The molecule has 0 bridgehead atoms. The van der Waals surface area contributed by atoms with Crippen LogP contribution in [0.2, 0.25) is 0 Å². The fourth-order valence-corrected chi connectivity index (χ4v) is 3.27. The summed E-state index contributed by atoms with van der Waals surface area (Å²) in [4.78, 5) is 27.4. The Morgan fingerprint density at radius 2 is 1.96 bits per heavy atom. The average Bonchev–Trinajstić information content (AvgIpc) is 3.40. The van der Waals surface area contributed by atoms with Gasteiger partial charge in [0.25, 0.3) is 5.91 Å². The summed E-state index contributed by atoms with van der Waals surface area (Å²) in [5, 5.41) is 3.69. The highest BCUT2D eigenvalue weighted by Crippen LogP contribution is 2.37. The van der Waals surface area contributed by atoms with E-state index < -0.39 is 0 Å². The molecule has 1 saturated carbocycles. The molecule has 2 fully saturated rings. The second-order valence-corrected chi connectivity index (χ2v) is 6.29. The van der Waals surface area contributed by atoms with Gasteiger partial charge >= 0.3 is 0 Å². The predicted molar refractivity (Wildman–Crippen MR) is 89.7 cm³/mol. The first kappa shape index (κ1) is 14.3. The van der Waals surface area contributed by atoms with Crippen LogP contribution in [0.5, 0.6) is 0 Å². The zero-order chi connectivity index (χ0) is 16.0. The highest BCUT2D eigenvalue weighted by Gasteiger charge is 2.28. The number of hydrogen-bond donors (Lipinski definition) is 2. The summed E-state index contributed by atoms with van der Waals surface area (Å²) in [6, 6.07) is 5.85. The van der Waals surface area contributed by atoms with E-state index in [2.05, 4.69) is 9.88 Å². The van der Waals surface area contributed by atoms with Crippen LogP contribution in [0, 0.1) is 0 Å². The van der Waals surface area contributed by atoms with E-state index in [4.69, 9.17) is 5.73 Å². The number of rotatable bonds is 2. The van der Waals surface area contributed by atoms with Gasteiger partial charge in [0.2, 0.25) is 5.43 Å². The van der Waals surface area contributed by atoms with Crippen molar-refractivity contribution >= 4 is 22.5 Å². The molecule has 2 aromatic rings. The lowest BCUT2D eigenvalue weighted by molar-refractivity contribution is 0.0734. The zero-order valence-corrected chi connectivity index (χ0v) is 12.9. The van der Waals surface area contributed by atoms with E-state index >= 15 is 0 Å². The van der Waals surface area contributed by atoms with Crippen molar-refractivity contribution < 1.29 is 4.79 Å². The summed E-state index contributed by atoms with van der Waals surface area (Å²) in [5.74, 6) is -0.184. The van der Waals surface area contributed by atoms with E-state index in [1.54, 1.807) is 17.2 Å². The van der Waals surface area contributed by atoms with Crippen molar-refractivity contribution in [2.45, 2.75) is 18.9 Å². The van der Waals surface area contributed by atoms with E-state index in [1.165, 1.54) is 0 Å². The van der Waals surface area contributed by atoms with Crippen LogP contribution < -0.4 is 16.5 Å². The van der Waals surface area contributed by atoms with E-state index in [1.807, 2.05) is 12.1 Å².